The van der Waals surface area contributed by atoms with Gasteiger partial charge in [-0.3, -0.25) is 9.97 Å². The quantitative estimate of drug-likeness (QED) is 0.474. The molecular weight excluding hydrogens is 412 g/mol. The lowest BCUT2D eigenvalue weighted by atomic mass is 10.1. The van der Waals surface area contributed by atoms with E-state index in [1.807, 2.05) is 24.4 Å². The summed E-state index contributed by atoms with van der Waals surface area (Å²) in [5.74, 6) is 2.22. The number of thiazole rings is 1. The fraction of sp³-hybridized carbons (Fsp3) is 0.333. The van der Waals surface area contributed by atoms with Crippen molar-refractivity contribution in [1.82, 2.24) is 30.1 Å². The van der Waals surface area contributed by atoms with Crippen molar-refractivity contribution in [1.29, 1.82) is 0 Å². The molecule has 4 aromatic rings. The molecule has 10 heteroatoms. The van der Waals surface area contributed by atoms with Crippen LogP contribution >= 0.6 is 11.3 Å². The Balaban J connectivity index is 1.45. The smallest absolute Gasteiger partial charge is 0.228 e. The van der Waals surface area contributed by atoms with Gasteiger partial charge in [-0.25, -0.2) is 9.97 Å². The molecule has 0 saturated carbocycles. The SMILES string of the molecule is CCc1cc(Nc2nccs2)nc(N2CCCC2c2cc(-c3nccnc3C)no2)n1. The Labute approximate surface area is 183 Å². The van der Waals surface area contributed by atoms with Gasteiger partial charge in [-0.05, 0) is 26.2 Å². The average Bonchev–Trinajstić information content (AvgIpc) is 3.55. The molecule has 0 aromatic carbocycles. The Kier molecular flexibility index (Phi) is 5.29. The topological polar surface area (TPSA) is 106 Å². The Morgan fingerprint density at radius 3 is 2.87 bits per heavy atom. The number of aromatic nitrogens is 6. The molecule has 1 N–H and O–H groups in total. The molecule has 1 fully saturated rings. The molecule has 0 bridgehead atoms. The van der Waals surface area contributed by atoms with Crippen molar-refractivity contribution in [3.8, 4) is 11.4 Å². The van der Waals surface area contributed by atoms with Gasteiger partial charge in [0.2, 0.25) is 5.95 Å². The maximum absolute atomic E-state index is 5.74. The second-order valence-electron chi connectivity index (χ2n) is 7.32. The third kappa shape index (κ3) is 3.98. The number of nitrogens with zero attached hydrogens (tertiary/aromatic N) is 7. The number of nitrogens with one attached hydrogen (secondary N) is 1. The van der Waals surface area contributed by atoms with Crippen LogP contribution in [-0.4, -0.2) is 36.6 Å². The second kappa shape index (κ2) is 8.38. The summed E-state index contributed by atoms with van der Waals surface area (Å²) in [6.45, 7) is 4.86. The molecule has 1 aliphatic heterocycles. The van der Waals surface area contributed by atoms with Crippen LogP contribution in [0.15, 0.2) is 40.6 Å². The monoisotopic (exact) mass is 434 g/mol. The van der Waals surface area contributed by atoms with Crippen LogP contribution in [-0.2, 0) is 6.42 Å². The molecule has 31 heavy (non-hydrogen) atoms. The molecule has 1 unspecified atom stereocenters. The van der Waals surface area contributed by atoms with Gasteiger partial charge in [-0.1, -0.05) is 12.1 Å². The van der Waals surface area contributed by atoms with E-state index >= 15 is 0 Å². The summed E-state index contributed by atoms with van der Waals surface area (Å²) in [4.78, 5) is 24.8. The van der Waals surface area contributed by atoms with Gasteiger partial charge in [0, 0.05) is 48.3 Å². The zero-order valence-corrected chi connectivity index (χ0v) is 18.1. The van der Waals surface area contributed by atoms with Crippen LogP contribution in [0, 0.1) is 6.92 Å². The Bertz CT molecular complexity index is 1180. The maximum Gasteiger partial charge on any atom is 0.228 e. The first-order chi connectivity index (χ1) is 15.2. The molecule has 0 radical (unpaired) electrons. The van der Waals surface area contributed by atoms with Gasteiger partial charge in [0.25, 0.3) is 0 Å². The van der Waals surface area contributed by atoms with Crippen molar-refractivity contribution in [2.75, 3.05) is 16.8 Å². The van der Waals surface area contributed by atoms with Crippen molar-refractivity contribution >= 4 is 28.2 Å². The van der Waals surface area contributed by atoms with Gasteiger partial charge >= 0.3 is 0 Å². The lowest BCUT2D eigenvalue weighted by Crippen LogP contribution is -2.25. The number of aryl methyl sites for hydroxylation is 2. The molecule has 1 saturated heterocycles. The Morgan fingerprint density at radius 2 is 2.06 bits per heavy atom. The third-order valence-electron chi connectivity index (χ3n) is 5.29. The highest BCUT2D eigenvalue weighted by molar-refractivity contribution is 7.13. The van der Waals surface area contributed by atoms with E-state index < -0.39 is 0 Å². The molecule has 158 valence electrons. The van der Waals surface area contributed by atoms with Crippen molar-refractivity contribution in [3.63, 3.8) is 0 Å². The first-order valence-electron chi connectivity index (χ1n) is 10.3. The van der Waals surface area contributed by atoms with E-state index in [-0.39, 0.29) is 6.04 Å². The highest BCUT2D eigenvalue weighted by atomic mass is 32.1. The standard InChI is InChI=1S/C21H22N8OS/c1-3-14-11-18(27-21-24-8-10-31-21)26-20(25-14)29-9-4-5-16(29)17-12-15(28-30-17)19-13(2)22-6-7-23-19/h6-8,10-12,16H,3-5,9H2,1-2H3,(H,24,25,26,27). The van der Waals surface area contributed by atoms with Crippen molar-refractivity contribution in [3.05, 3.63) is 53.3 Å². The number of anilines is 3. The maximum atomic E-state index is 5.74. The van der Waals surface area contributed by atoms with Gasteiger partial charge in [0.1, 0.15) is 17.2 Å². The largest absolute Gasteiger partial charge is 0.358 e. The van der Waals surface area contributed by atoms with Crippen LogP contribution in [0.2, 0.25) is 0 Å². The van der Waals surface area contributed by atoms with E-state index in [4.69, 9.17) is 14.5 Å². The highest BCUT2D eigenvalue weighted by Crippen LogP contribution is 2.36. The van der Waals surface area contributed by atoms with Crippen LogP contribution in [0.5, 0.6) is 0 Å². The van der Waals surface area contributed by atoms with Crippen molar-refractivity contribution in [2.24, 2.45) is 0 Å². The van der Waals surface area contributed by atoms with Crippen LogP contribution in [0.1, 0.15) is 43.0 Å². The van der Waals surface area contributed by atoms with E-state index in [9.17, 15) is 0 Å². The Morgan fingerprint density at radius 1 is 1.16 bits per heavy atom. The highest BCUT2D eigenvalue weighted by Gasteiger charge is 2.32. The van der Waals surface area contributed by atoms with Crippen LogP contribution in [0.3, 0.4) is 0 Å². The fourth-order valence-corrected chi connectivity index (χ4v) is 4.31. The minimum absolute atomic E-state index is 0.0260. The van der Waals surface area contributed by atoms with Crippen molar-refractivity contribution < 1.29 is 4.52 Å². The molecule has 1 atom stereocenters. The van der Waals surface area contributed by atoms with E-state index in [0.717, 1.165) is 59.6 Å². The second-order valence-corrected chi connectivity index (χ2v) is 8.21. The third-order valence-corrected chi connectivity index (χ3v) is 5.98. The van der Waals surface area contributed by atoms with E-state index in [2.05, 4.69) is 37.2 Å². The van der Waals surface area contributed by atoms with Gasteiger partial charge in [0.05, 0.1) is 11.7 Å². The molecule has 4 aromatic heterocycles. The zero-order chi connectivity index (χ0) is 21.2. The lowest BCUT2D eigenvalue weighted by Gasteiger charge is -2.23. The summed E-state index contributed by atoms with van der Waals surface area (Å²) < 4.78 is 5.74. The summed E-state index contributed by atoms with van der Waals surface area (Å²) in [7, 11) is 0. The first-order valence-corrected chi connectivity index (χ1v) is 11.1. The van der Waals surface area contributed by atoms with Crippen LogP contribution in [0.4, 0.5) is 16.9 Å². The van der Waals surface area contributed by atoms with Crippen LogP contribution in [0.25, 0.3) is 11.4 Å². The van der Waals surface area contributed by atoms with E-state index in [1.54, 1.807) is 18.6 Å². The fourth-order valence-electron chi connectivity index (χ4n) is 3.77. The summed E-state index contributed by atoms with van der Waals surface area (Å²) >= 11 is 1.54. The van der Waals surface area contributed by atoms with E-state index in [1.165, 1.54) is 11.3 Å². The molecule has 9 nitrogen and oxygen atoms in total. The summed E-state index contributed by atoms with van der Waals surface area (Å²) in [6.07, 6.45) is 7.90. The van der Waals surface area contributed by atoms with Gasteiger partial charge in [-0.2, -0.15) is 4.98 Å². The predicted octanol–water partition coefficient (Wildman–Crippen LogP) is 4.33. The van der Waals surface area contributed by atoms with Crippen molar-refractivity contribution in [2.45, 2.75) is 39.2 Å². The average molecular weight is 435 g/mol. The van der Waals surface area contributed by atoms with Gasteiger partial charge in [0.15, 0.2) is 10.9 Å². The summed E-state index contributed by atoms with van der Waals surface area (Å²) in [5, 5.41) is 10.3. The number of hydrogen-bond acceptors (Lipinski definition) is 10. The molecule has 5 heterocycles. The molecule has 0 amide bonds. The van der Waals surface area contributed by atoms with Crippen LogP contribution < -0.4 is 10.2 Å². The number of hydrogen-bond donors (Lipinski definition) is 1. The van der Waals surface area contributed by atoms with Gasteiger partial charge < -0.3 is 14.7 Å². The minimum atomic E-state index is 0.0260. The number of rotatable bonds is 6. The molecule has 1 aliphatic rings. The van der Waals surface area contributed by atoms with E-state index in [0.29, 0.717) is 11.6 Å². The predicted molar refractivity (Wildman–Crippen MR) is 118 cm³/mol. The normalized spacial score (nSPS) is 16.1. The summed E-state index contributed by atoms with van der Waals surface area (Å²) in [5.41, 5.74) is 3.23. The Hall–Kier alpha value is -3.40. The lowest BCUT2D eigenvalue weighted by molar-refractivity contribution is 0.362. The summed E-state index contributed by atoms with van der Waals surface area (Å²) in [6, 6.07) is 3.95. The molecular formula is C21H22N8OS. The minimum Gasteiger partial charge on any atom is -0.358 e. The molecule has 0 aliphatic carbocycles. The zero-order valence-electron chi connectivity index (χ0n) is 17.3. The first kappa shape index (κ1) is 19.6. The molecule has 5 rings (SSSR count). The van der Waals surface area contributed by atoms with Gasteiger partial charge in [-0.15, -0.1) is 11.3 Å². The molecule has 0 spiro atoms.